The Morgan fingerprint density at radius 2 is 2.25 bits per heavy atom. The van der Waals surface area contributed by atoms with E-state index in [1.165, 1.54) is 0 Å². The van der Waals surface area contributed by atoms with Gasteiger partial charge >= 0.3 is 0 Å². The zero-order valence-corrected chi connectivity index (χ0v) is 14.7. The van der Waals surface area contributed by atoms with Crippen LogP contribution in [-0.4, -0.2) is 38.9 Å². The molecule has 2 heterocycles. The number of likely N-dealkylation sites (N-methyl/N-ethyl adjacent to an activating group) is 1. The predicted molar refractivity (Wildman–Crippen MR) is 86.1 cm³/mol. The van der Waals surface area contributed by atoms with Crippen LogP contribution in [0, 0.1) is 0 Å². The molecule has 1 aromatic rings. The Hall–Kier alpha value is 0.01000. The van der Waals surface area contributed by atoms with Gasteiger partial charge in [-0.05, 0) is 48.0 Å². The van der Waals surface area contributed by atoms with Crippen LogP contribution in [0.5, 0.6) is 0 Å². The Labute approximate surface area is 133 Å². The first-order chi connectivity index (χ1) is 9.53. The maximum Gasteiger partial charge on any atom is 0.280 e. The van der Waals surface area contributed by atoms with Crippen LogP contribution < -0.4 is 10.0 Å². The van der Waals surface area contributed by atoms with Gasteiger partial charge in [0.25, 0.3) is 10.2 Å². The van der Waals surface area contributed by atoms with Crippen molar-refractivity contribution >= 4 is 37.5 Å². The van der Waals surface area contributed by atoms with Crippen molar-refractivity contribution in [2.75, 3.05) is 20.1 Å². The smallest absolute Gasteiger partial charge is 0.280 e. The van der Waals surface area contributed by atoms with E-state index in [9.17, 15) is 8.42 Å². The lowest BCUT2D eigenvalue weighted by Crippen LogP contribution is -2.51. The molecule has 5 nitrogen and oxygen atoms in total. The summed E-state index contributed by atoms with van der Waals surface area (Å²) in [6.45, 7) is 1.66. The molecule has 114 valence electrons. The zero-order valence-electron chi connectivity index (χ0n) is 11.4. The van der Waals surface area contributed by atoms with Crippen LogP contribution in [0.1, 0.15) is 24.1 Å². The number of halogens is 1. The number of nitrogens with zero attached hydrogens (tertiary/aromatic N) is 1. The van der Waals surface area contributed by atoms with Gasteiger partial charge in [-0.2, -0.15) is 17.4 Å². The lowest BCUT2D eigenvalue weighted by atomic mass is 10.1. The summed E-state index contributed by atoms with van der Waals surface area (Å²) in [5, 5.41) is 3.08. The summed E-state index contributed by atoms with van der Waals surface area (Å²) in [4.78, 5) is 1.00. The second-order valence-electron chi connectivity index (χ2n) is 4.85. The maximum absolute atomic E-state index is 12.4. The van der Waals surface area contributed by atoms with Crippen LogP contribution in [0.15, 0.2) is 15.9 Å². The van der Waals surface area contributed by atoms with E-state index in [0.29, 0.717) is 19.6 Å². The molecule has 1 atom stereocenters. The van der Waals surface area contributed by atoms with E-state index in [2.05, 4.69) is 26.0 Å². The Kier molecular flexibility index (Phi) is 6.00. The van der Waals surface area contributed by atoms with E-state index in [1.54, 1.807) is 15.6 Å². The summed E-state index contributed by atoms with van der Waals surface area (Å²) in [5.74, 6) is 0. The minimum Gasteiger partial charge on any atom is -0.318 e. The Balaban J connectivity index is 2.00. The molecule has 1 aromatic heterocycles. The van der Waals surface area contributed by atoms with Crippen molar-refractivity contribution in [2.45, 2.75) is 31.8 Å². The molecule has 1 aliphatic heterocycles. The second-order valence-corrected chi connectivity index (χ2v) is 9.11. The first-order valence-electron chi connectivity index (χ1n) is 6.68. The number of hydrogen-bond donors (Lipinski definition) is 2. The minimum absolute atomic E-state index is 0.0568. The van der Waals surface area contributed by atoms with Crippen molar-refractivity contribution in [3.05, 3.63) is 20.8 Å². The summed E-state index contributed by atoms with van der Waals surface area (Å²) >= 11 is 4.93. The molecular weight excluding hydrogens is 362 g/mol. The standard InChI is InChI=1S/C12H20BrN3O2S2/c1-14-8-10-4-2-3-7-16(10)20(17,18)15-9-11-5-6-12(13)19-11/h5-6,10,14-15H,2-4,7-9H2,1H3. The highest BCUT2D eigenvalue weighted by molar-refractivity contribution is 9.11. The number of piperidine rings is 1. The topological polar surface area (TPSA) is 61.4 Å². The summed E-state index contributed by atoms with van der Waals surface area (Å²) in [6.07, 6.45) is 2.95. The summed E-state index contributed by atoms with van der Waals surface area (Å²) in [5.41, 5.74) is 0. The Morgan fingerprint density at radius 1 is 1.45 bits per heavy atom. The Morgan fingerprint density at radius 3 is 2.90 bits per heavy atom. The Bertz CT molecular complexity index is 531. The molecule has 0 aliphatic carbocycles. The van der Waals surface area contributed by atoms with Gasteiger partial charge in [0.2, 0.25) is 0 Å². The highest BCUT2D eigenvalue weighted by atomic mass is 79.9. The van der Waals surface area contributed by atoms with Gasteiger partial charge in [-0.15, -0.1) is 11.3 Å². The van der Waals surface area contributed by atoms with Crippen molar-refractivity contribution in [1.82, 2.24) is 14.3 Å². The molecule has 0 radical (unpaired) electrons. The van der Waals surface area contributed by atoms with E-state index in [4.69, 9.17) is 0 Å². The highest BCUT2D eigenvalue weighted by Gasteiger charge is 2.31. The fourth-order valence-electron chi connectivity index (χ4n) is 2.42. The van der Waals surface area contributed by atoms with Crippen LogP contribution in [0.2, 0.25) is 0 Å². The average Bonchev–Trinajstić information content (AvgIpc) is 2.83. The van der Waals surface area contributed by atoms with Gasteiger partial charge in [-0.1, -0.05) is 6.42 Å². The lowest BCUT2D eigenvalue weighted by molar-refractivity contribution is 0.246. The molecule has 20 heavy (non-hydrogen) atoms. The van der Waals surface area contributed by atoms with Gasteiger partial charge < -0.3 is 5.32 Å². The van der Waals surface area contributed by atoms with Crippen molar-refractivity contribution in [3.63, 3.8) is 0 Å². The molecule has 2 N–H and O–H groups in total. The van der Waals surface area contributed by atoms with Crippen LogP contribution >= 0.6 is 27.3 Å². The number of nitrogens with one attached hydrogen (secondary N) is 2. The van der Waals surface area contributed by atoms with Gasteiger partial charge in [0.1, 0.15) is 0 Å². The molecule has 1 unspecified atom stereocenters. The third kappa shape index (κ3) is 4.25. The van der Waals surface area contributed by atoms with Gasteiger partial charge in [0.05, 0.1) is 3.79 Å². The molecule has 1 fully saturated rings. The van der Waals surface area contributed by atoms with Crippen LogP contribution in [0.3, 0.4) is 0 Å². The normalized spacial score (nSPS) is 21.2. The number of thiophene rings is 1. The summed E-state index contributed by atoms with van der Waals surface area (Å²) in [6, 6.07) is 3.92. The molecule has 0 amide bonds. The fourth-order valence-corrected chi connectivity index (χ4v) is 5.38. The molecule has 1 saturated heterocycles. The van der Waals surface area contributed by atoms with Gasteiger partial charge in [-0.25, -0.2) is 0 Å². The molecule has 8 heteroatoms. The lowest BCUT2D eigenvalue weighted by Gasteiger charge is -2.34. The van der Waals surface area contributed by atoms with E-state index >= 15 is 0 Å². The maximum atomic E-state index is 12.4. The van der Waals surface area contributed by atoms with Crippen molar-refractivity contribution < 1.29 is 8.42 Å². The monoisotopic (exact) mass is 381 g/mol. The largest absolute Gasteiger partial charge is 0.318 e. The molecule has 2 rings (SSSR count). The van der Waals surface area contributed by atoms with Crippen molar-refractivity contribution in [1.29, 1.82) is 0 Å². The third-order valence-corrected chi connectivity index (χ3v) is 6.61. The first-order valence-corrected chi connectivity index (χ1v) is 9.73. The highest BCUT2D eigenvalue weighted by Crippen LogP contribution is 2.23. The van der Waals surface area contributed by atoms with Crippen LogP contribution in [0.25, 0.3) is 0 Å². The number of rotatable bonds is 6. The zero-order chi connectivity index (χ0) is 14.6. The summed E-state index contributed by atoms with van der Waals surface area (Å²) in [7, 11) is -1.55. The fraction of sp³-hybridized carbons (Fsp3) is 0.667. The summed E-state index contributed by atoms with van der Waals surface area (Å²) < 4.78 is 30.2. The van der Waals surface area contributed by atoms with E-state index < -0.39 is 10.2 Å². The second kappa shape index (κ2) is 7.33. The van der Waals surface area contributed by atoms with Crippen LogP contribution in [0.4, 0.5) is 0 Å². The van der Waals surface area contributed by atoms with Gasteiger partial charge in [0.15, 0.2) is 0 Å². The van der Waals surface area contributed by atoms with E-state index in [-0.39, 0.29) is 6.04 Å². The molecule has 1 aliphatic rings. The molecule has 0 bridgehead atoms. The van der Waals surface area contributed by atoms with Crippen LogP contribution in [-0.2, 0) is 16.8 Å². The third-order valence-electron chi connectivity index (χ3n) is 3.38. The molecule has 0 spiro atoms. The van der Waals surface area contributed by atoms with E-state index in [1.807, 2.05) is 19.2 Å². The average molecular weight is 382 g/mol. The van der Waals surface area contributed by atoms with Crippen molar-refractivity contribution in [3.8, 4) is 0 Å². The molecular formula is C12H20BrN3O2S2. The van der Waals surface area contributed by atoms with Gasteiger partial charge in [0, 0.05) is 30.6 Å². The first kappa shape index (κ1) is 16.4. The van der Waals surface area contributed by atoms with Gasteiger partial charge in [-0.3, -0.25) is 0 Å². The number of hydrogen-bond acceptors (Lipinski definition) is 4. The molecule has 0 saturated carbocycles. The minimum atomic E-state index is -3.41. The van der Waals surface area contributed by atoms with E-state index in [0.717, 1.165) is 27.9 Å². The molecule has 0 aromatic carbocycles. The van der Waals surface area contributed by atoms with Crippen molar-refractivity contribution in [2.24, 2.45) is 0 Å². The predicted octanol–water partition coefficient (Wildman–Crippen LogP) is 1.92. The quantitative estimate of drug-likeness (QED) is 0.790. The SMILES string of the molecule is CNCC1CCCCN1S(=O)(=O)NCc1ccc(Br)s1.